The number of amides is 1. The predicted octanol–water partition coefficient (Wildman–Crippen LogP) is 1.56. The van der Waals surface area contributed by atoms with Crippen LogP contribution in [0.4, 0.5) is 5.69 Å². The van der Waals surface area contributed by atoms with Crippen molar-refractivity contribution in [1.82, 2.24) is 0 Å². The Morgan fingerprint density at radius 1 is 1.35 bits per heavy atom. The number of nitrogens with zero attached hydrogens (tertiary/aromatic N) is 2. The molecule has 0 saturated carbocycles. The molecule has 0 spiro atoms. The highest BCUT2D eigenvalue weighted by molar-refractivity contribution is 5.98. The van der Waals surface area contributed by atoms with Gasteiger partial charge in [-0.1, -0.05) is 12.1 Å². The molecule has 0 aliphatic heterocycles. The molecule has 0 bridgehead atoms. The molecule has 3 N–H and O–H groups in total. The van der Waals surface area contributed by atoms with Crippen molar-refractivity contribution in [2.45, 2.75) is 19.8 Å². The van der Waals surface area contributed by atoms with Crippen molar-refractivity contribution < 1.29 is 14.7 Å². The van der Waals surface area contributed by atoms with Crippen LogP contribution >= 0.6 is 0 Å². The van der Waals surface area contributed by atoms with Crippen LogP contribution in [0.25, 0.3) is 0 Å². The fourth-order valence-electron chi connectivity index (χ4n) is 1.63. The van der Waals surface area contributed by atoms with Crippen molar-refractivity contribution in [2.75, 3.05) is 25.2 Å². The van der Waals surface area contributed by atoms with E-state index < -0.39 is 0 Å². The third-order valence-corrected chi connectivity index (χ3v) is 2.84. The first-order valence-corrected chi connectivity index (χ1v) is 6.52. The highest BCUT2D eigenvalue weighted by Gasteiger charge is 2.11. The van der Waals surface area contributed by atoms with Gasteiger partial charge < -0.3 is 20.6 Å². The molecule has 0 aliphatic carbocycles. The fraction of sp³-hybridized carbons (Fsp3) is 0.429. The summed E-state index contributed by atoms with van der Waals surface area (Å²) in [6.07, 6.45) is 1.29. The van der Waals surface area contributed by atoms with Crippen molar-refractivity contribution in [3.63, 3.8) is 0 Å². The molecule has 0 radical (unpaired) electrons. The summed E-state index contributed by atoms with van der Waals surface area (Å²) in [7, 11) is 1.71. The van der Waals surface area contributed by atoms with E-state index in [0.717, 1.165) is 12.1 Å². The molecule has 0 saturated heterocycles. The lowest BCUT2D eigenvalue weighted by Gasteiger charge is -2.17. The maximum atomic E-state index is 11.9. The Labute approximate surface area is 118 Å². The molecular weight excluding hydrogens is 258 g/mol. The lowest BCUT2D eigenvalue weighted by molar-refractivity contribution is -0.119. The number of carbonyl (C=O) groups excluding carboxylic acids is 1. The van der Waals surface area contributed by atoms with Gasteiger partial charge in [0.1, 0.15) is 0 Å². The molecule has 0 heterocycles. The Kier molecular flexibility index (Phi) is 6.52. The van der Waals surface area contributed by atoms with E-state index in [1.807, 2.05) is 6.92 Å². The van der Waals surface area contributed by atoms with E-state index >= 15 is 0 Å². The van der Waals surface area contributed by atoms with Gasteiger partial charge in [-0.05, 0) is 30.7 Å². The fourth-order valence-corrected chi connectivity index (χ4v) is 1.63. The quantitative estimate of drug-likeness (QED) is 0.261. The maximum Gasteiger partial charge on any atom is 0.229 e. The van der Waals surface area contributed by atoms with Crippen molar-refractivity contribution >= 4 is 17.4 Å². The van der Waals surface area contributed by atoms with Gasteiger partial charge in [-0.15, -0.1) is 0 Å². The molecule has 6 nitrogen and oxygen atoms in total. The number of nitrogens with two attached hydrogens (primary N) is 1. The predicted molar refractivity (Wildman–Crippen MR) is 78.1 cm³/mol. The molecule has 1 aromatic carbocycles. The number of carbonyl (C=O) groups is 1. The summed E-state index contributed by atoms with van der Waals surface area (Å²) in [5.41, 5.74) is 6.83. The van der Waals surface area contributed by atoms with E-state index in [2.05, 4.69) is 5.16 Å². The zero-order valence-corrected chi connectivity index (χ0v) is 11.9. The Hall–Kier alpha value is -2.08. The molecule has 0 atom stereocenters. The molecule has 0 aliphatic rings. The van der Waals surface area contributed by atoms with E-state index in [1.54, 1.807) is 36.2 Å². The van der Waals surface area contributed by atoms with Gasteiger partial charge in [0.15, 0.2) is 5.84 Å². The van der Waals surface area contributed by atoms with E-state index in [1.165, 1.54) is 0 Å². The van der Waals surface area contributed by atoms with Gasteiger partial charge in [0, 0.05) is 24.9 Å². The third kappa shape index (κ3) is 4.55. The average Bonchev–Trinajstić information content (AvgIpc) is 2.50. The smallest absolute Gasteiger partial charge is 0.229 e. The normalized spacial score (nSPS) is 11.4. The van der Waals surface area contributed by atoms with Crippen molar-refractivity contribution in [3.05, 3.63) is 29.8 Å². The third-order valence-electron chi connectivity index (χ3n) is 2.84. The summed E-state index contributed by atoms with van der Waals surface area (Å²) in [6.45, 7) is 3.13. The zero-order chi connectivity index (χ0) is 15.0. The number of anilines is 1. The first-order chi connectivity index (χ1) is 9.60. The molecule has 6 heteroatoms. The van der Waals surface area contributed by atoms with Gasteiger partial charge >= 0.3 is 0 Å². The summed E-state index contributed by atoms with van der Waals surface area (Å²) in [5, 5.41) is 11.5. The molecule has 1 aromatic rings. The van der Waals surface area contributed by atoms with E-state index in [9.17, 15) is 4.79 Å². The standard InChI is InChI=1S/C14H21N3O3/c1-3-9-20-10-8-13(18)17(2)12-6-4-11(5-7-12)14(15)16-19/h4-7,19H,3,8-10H2,1-2H3,(H2,15,16). The first kappa shape index (κ1) is 16.0. The Morgan fingerprint density at radius 2 is 2.00 bits per heavy atom. The summed E-state index contributed by atoms with van der Waals surface area (Å²) < 4.78 is 5.30. The molecule has 1 amide bonds. The first-order valence-electron chi connectivity index (χ1n) is 6.52. The largest absolute Gasteiger partial charge is 0.409 e. The van der Waals surface area contributed by atoms with Crippen LogP contribution in [0, 0.1) is 0 Å². The number of ether oxygens (including phenoxy) is 1. The maximum absolute atomic E-state index is 11.9. The number of benzene rings is 1. The highest BCUT2D eigenvalue weighted by Crippen LogP contribution is 2.14. The summed E-state index contributed by atoms with van der Waals surface area (Å²) in [5.74, 6) is 0.0242. The van der Waals surface area contributed by atoms with Gasteiger partial charge in [-0.3, -0.25) is 4.79 Å². The zero-order valence-electron chi connectivity index (χ0n) is 11.9. The van der Waals surface area contributed by atoms with Crippen LogP contribution in [0.2, 0.25) is 0 Å². The SMILES string of the molecule is CCCOCCC(=O)N(C)c1ccc(C(N)=NO)cc1. The summed E-state index contributed by atoms with van der Waals surface area (Å²) in [4.78, 5) is 13.5. The topological polar surface area (TPSA) is 88.2 Å². The minimum absolute atomic E-state index is 0.0161. The molecule has 1 rings (SSSR count). The van der Waals surface area contributed by atoms with Crippen LogP contribution in [0.3, 0.4) is 0 Å². The summed E-state index contributed by atoms with van der Waals surface area (Å²) >= 11 is 0. The van der Waals surface area contributed by atoms with Crippen LogP contribution in [0.15, 0.2) is 29.4 Å². The molecule has 0 unspecified atom stereocenters. The van der Waals surface area contributed by atoms with Gasteiger partial charge in [0.25, 0.3) is 0 Å². The number of rotatable bonds is 7. The average molecular weight is 279 g/mol. The Bertz CT molecular complexity index is 457. The number of oxime groups is 1. The minimum Gasteiger partial charge on any atom is -0.409 e. The van der Waals surface area contributed by atoms with Gasteiger partial charge in [0.2, 0.25) is 5.91 Å². The number of amidine groups is 1. The van der Waals surface area contributed by atoms with Crippen LogP contribution < -0.4 is 10.6 Å². The second-order valence-corrected chi connectivity index (χ2v) is 4.35. The van der Waals surface area contributed by atoms with Crippen molar-refractivity contribution in [2.24, 2.45) is 10.9 Å². The second kappa shape index (κ2) is 8.16. The van der Waals surface area contributed by atoms with E-state index in [4.69, 9.17) is 15.7 Å². The monoisotopic (exact) mass is 279 g/mol. The van der Waals surface area contributed by atoms with Gasteiger partial charge in [-0.25, -0.2) is 0 Å². The van der Waals surface area contributed by atoms with Crippen LogP contribution in [0.1, 0.15) is 25.3 Å². The summed E-state index contributed by atoms with van der Waals surface area (Å²) in [6, 6.07) is 6.89. The van der Waals surface area contributed by atoms with E-state index in [0.29, 0.717) is 25.2 Å². The molecule has 0 aromatic heterocycles. The van der Waals surface area contributed by atoms with Crippen LogP contribution in [-0.2, 0) is 9.53 Å². The molecule has 20 heavy (non-hydrogen) atoms. The number of hydrogen-bond acceptors (Lipinski definition) is 4. The van der Waals surface area contributed by atoms with E-state index in [-0.39, 0.29) is 11.7 Å². The Balaban J connectivity index is 2.58. The Morgan fingerprint density at radius 3 is 2.55 bits per heavy atom. The van der Waals surface area contributed by atoms with Crippen molar-refractivity contribution in [1.29, 1.82) is 0 Å². The molecule has 110 valence electrons. The van der Waals surface area contributed by atoms with Gasteiger partial charge in [0.05, 0.1) is 13.0 Å². The van der Waals surface area contributed by atoms with Gasteiger partial charge in [-0.2, -0.15) is 0 Å². The van der Waals surface area contributed by atoms with Crippen LogP contribution in [0.5, 0.6) is 0 Å². The number of hydrogen-bond donors (Lipinski definition) is 2. The van der Waals surface area contributed by atoms with Crippen LogP contribution in [-0.4, -0.2) is 37.2 Å². The minimum atomic E-state index is -0.0161. The lowest BCUT2D eigenvalue weighted by atomic mass is 10.2. The second-order valence-electron chi connectivity index (χ2n) is 4.35. The van der Waals surface area contributed by atoms with Crippen molar-refractivity contribution in [3.8, 4) is 0 Å². The lowest BCUT2D eigenvalue weighted by Crippen LogP contribution is -2.27. The molecular formula is C14H21N3O3. The molecule has 0 fully saturated rings. The highest BCUT2D eigenvalue weighted by atomic mass is 16.5.